The molecule has 0 N–H and O–H groups in total. The Balaban J connectivity index is 1.92. The number of hydrogen-bond donors (Lipinski definition) is 0. The van der Waals surface area contributed by atoms with Crippen LogP contribution in [0.1, 0.15) is 82.0 Å². The summed E-state index contributed by atoms with van der Waals surface area (Å²) >= 11 is 0. The zero-order valence-electron chi connectivity index (χ0n) is 15.7. The van der Waals surface area contributed by atoms with E-state index in [2.05, 4.69) is 18.7 Å². The second-order valence-electron chi connectivity index (χ2n) is 7.42. The van der Waals surface area contributed by atoms with Crippen LogP contribution in [0.2, 0.25) is 0 Å². The second kappa shape index (κ2) is 10.5. The van der Waals surface area contributed by atoms with Gasteiger partial charge in [0.05, 0.1) is 0 Å². The molecule has 0 aromatic heterocycles. The predicted molar refractivity (Wildman–Crippen MR) is 102 cm³/mol. The summed E-state index contributed by atoms with van der Waals surface area (Å²) in [5.74, 6) is 1.73. The van der Waals surface area contributed by atoms with E-state index in [-0.39, 0.29) is 5.91 Å². The topological polar surface area (TPSA) is 20.3 Å². The third-order valence-electron chi connectivity index (χ3n) is 5.52. The van der Waals surface area contributed by atoms with Gasteiger partial charge in [-0.05, 0) is 36.8 Å². The lowest BCUT2D eigenvalue weighted by Gasteiger charge is -2.37. The van der Waals surface area contributed by atoms with E-state index in [1.807, 2.05) is 30.3 Å². The number of likely N-dealkylation sites (tertiary alicyclic amines) is 1. The molecule has 0 bridgehead atoms. The third-order valence-corrected chi connectivity index (χ3v) is 5.52. The number of hydrogen-bond acceptors (Lipinski definition) is 1. The first kappa shape index (κ1) is 19.0. The average molecular weight is 330 g/mol. The summed E-state index contributed by atoms with van der Waals surface area (Å²) in [6.45, 7) is 6.47. The SMILES string of the molecule is CCCCCCC(CCC)C1CCCN(C(=O)c2ccccc2)C1. The van der Waals surface area contributed by atoms with Crippen molar-refractivity contribution in [3.05, 3.63) is 35.9 Å². The maximum atomic E-state index is 12.8. The van der Waals surface area contributed by atoms with Gasteiger partial charge in [-0.2, -0.15) is 0 Å². The number of piperidine rings is 1. The molecular formula is C22H35NO. The van der Waals surface area contributed by atoms with Crippen LogP contribution in [0.4, 0.5) is 0 Å². The molecule has 1 aliphatic rings. The van der Waals surface area contributed by atoms with Gasteiger partial charge in [-0.3, -0.25) is 4.79 Å². The van der Waals surface area contributed by atoms with Crippen molar-refractivity contribution < 1.29 is 4.79 Å². The van der Waals surface area contributed by atoms with Crippen molar-refractivity contribution in [1.29, 1.82) is 0 Å². The summed E-state index contributed by atoms with van der Waals surface area (Å²) < 4.78 is 0. The quantitative estimate of drug-likeness (QED) is 0.514. The molecule has 2 nitrogen and oxygen atoms in total. The van der Waals surface area contributed by atoms with E-state index in [0.717, 1.165) is 24.6 Å². The van der Waals surface area contributed by atoms with Crippen molar-refractivity contribution in [2.75, 3.05) is 13.1 Å². The molecule has 2 rings (SSSR count). The van der Waals surface area contributed by atoms with Gasteiger partial charge in [0.2, 0.25) is 0 Å². The largest absolute Gasteiger partial charge is 0.338 e. The Morgan fingerprint density at radius 2 is 1.88 bits per heavy atom. The molecule has 2 heteroatoms. The molecule has 2 atom stereocenters. The molecule has 1 aliphatic heterocycles. The lowest BCUT2D eigenvalue weighted by molar-refractivity contribution is 0.0612. The van der Waals surface area contributed by atoms with Gasteiger partial charge in [0.15, 0.2) is 0 Å². The van der Waals surface area contributed by atoms with Crippen molar-refractivity contribution in [2.24, 2.45) is 11.8 Å². The first-order chi connectivity index (χ1) is 11.8. The fourth-order valence-corrected chi connectivity index (χ4v) is 4.16. The minimum Gasteiger partial charge on any atom is -0.338 e. The molecule has 0 spiro atoms. The molecule has 1 aromatic carbocycles. The molecule has 0 radical (unpaired) electrons. The molecule has 2 unspecified atom stereocenters. The van der Waals surface area contributed by atoms with Gasteiger partial charge in [0.1, 0.15) is 0 Å². The van der Waals surface area contributed by atoms with Crippen LogP contribution in [0.15, 0.2) is 30.3 Å². The van der Waals surface area contributed by atoms with Gasteiger partial charge < -0.3 is 4.90 Å². The Morgan fingerprint density at radius 1 is 1.08 bits per heavy atom. The first-order valence-electron chi connectivity index (χ1n) is 10.1. The highest BCUT2D eigenvalue weighted by Crippen LogP contribution is 2.31. The summed E-state index contributed by atoms with van der Waals surface area (Å²) in [5, 5.41) is 0. The van der Waals surface area contributed by atoms with Gasteiger partial charge in [-0.25, -0.2) is 0 Å². The third kappa shape index (κ3) is 5.65. The molecule has 1 saturated heterocycles. The number of rotatable bonds is 9. The Hall–Kier alpha value is -1.31. The minimum atomic E-state index is 0.224. The number of carbonyl (C=O) groups is 1. The molecule has 1 heterocycles. The normalized spacial score (nSPS) is 19.2. The van der Waals surface area contributed by atoms with E-state index in [0.29, 0.717) is 5.92 Å². The average Bonchev–Trinajstić information content (AvgIpc) is 2.64. The van der Waals surface area contributed by atoms with Crippen molar-refractivity contribution in [2.45, 2.75) is 71.6 Å². The van der Waals surface area contributed by atoms with Gasteiger partial charge in [0, 0.05) is 18.7 Å². The predicted octanol–water partition coefficient (Wildman–Crippen LogP) is 5.93. The monoisotopic (exact) mass is 329 g/mol. The zero-order chi connectivity index (χ0) is 17.2. The number of amides is 1. The van der Waals surface area contributed by atoms with Crippen LogP contribution in [0.25, 0.3) is 0 Å². The summed E-state index contributed by atoms with van der Waals surface area (Å²) in [7, 11) is 0. The van der Waals surface area contributed by atoms with Crippen molar-refractivity contribution in [1.82, 2.24) is 4.90 Å². The van der Waals surface area contributed by atoms with Crippen LogP contribution in [0, 0.1) is 11.8 Å². The van der Waals surface area contributed by atoms with E-state index in [1.54, 1.807) is 0 Å². The number of unbranched alkanes of at least 4 members (excludes halogenated alkanes) is 3. The van der Waals surface area contributed by atoms with Crippen molar-refractivity contribution >= 4 is 5.91 Å². The zero-order valence-corrected chi connectivity index (χ0v) is 15.7. The molecular weight excluding hydrogens is 294 g/mol. The van der Waals surface area contributed by atoms with E-state index < -0.39 is 0 Å². The van der Waals surface area contributed by atoms with E-state index in [1.165, 1.54) is 57.8 Å². The molecule has 1 amide bonds. The van der Waals surface area contributed by atoms with Gasteiger partial charge in [0.25, 0.3) is 5.91 Å². The number of carbonyl (C=O) groups excluding carboxylic acids is 1. The summed E-state index contributed by atoms with van der Waals surface area (Å²) in [6, 6.07) is 9.79. The highest BCUT2D eigenvalue weighted by Gasteiger charge is 2.29. The fraction of sp³-hybridized carbons (Fsp3) is 0.682. The lowest BCUT2D eigenvalue weighted by Crippen LogP contribution is -2.42. The highest BCUT2D eigenvalue weighted by atomic mass is 16.2. The Morgan fingerprint density at radius 3 is 2.58 bits per heavy atom. The second-order valence-corrected chi connectivity index (χ2v) is 7.42. The van der Waals surface area contributed by atoms with Crippen LogP contribution in [-0.4, -0.2) is 23.9 Å². The van der Waals surface area contributed by atoms with E-state index in [9.17, 15) is 4.79 Å². The smallest absolute Gasteiger partial charge is 0.253 e. The standard InChI is InChI=1S/C22H35NO/c1-3-5-6-8-13-19(12-4-2)21-16-11-17-23(18-21)22(24)20-14-9-7-10-15-20/h7,9-10,14-15,19,21H,3-6,8,11-13,16-18H2,1-2H3. The molecule has 134 valence electrons. The van der Waals surface area contributed by atoms with Crippen LogP contribution < -0.4 is 0 Å². The molecule has 0 saturated carbocycles. The van der Waals surface area contributed by atoms with Crippen molar-refractivity contribution in [3.8, 4) is 0 Å². The maximum absolute atomic E-state index is 12.8. The van der Waals surface area contributed by atoms with Crippen LogP contribution >= 0.6 is 0 Å². The van der Waals surface area contributed by atoms with Crippen molar-refractivity contribution in [3.63, 3.8) is 0 Å². The summed E-state index contributed by atoms with van der Waals surface area (Å²) in [5.41, 5.74) is 0.841. The Labute approximate surface area is 148 Å². The van der Waals surface area contributed by atoms with Crippen LogP contribution in [-0.2, 0) is 0 Å². The Kier molecular flexibility index (Phi) is 8.35. The molecule has 24 heavy (non-hydrogen) atoms. The van der Waals surface area contributed by atoms with Gasteiger partial charge in [-0.15, -0.1) is 0 Å². The van der Waals surface area contributed by atoms with E-state index >= 15 is 0 Å². The summed E-state index contributed by atoms with van der Waals surface area (Å²) in [4.78, 5) is 14.9. The van der Waals surface area contributed by atoms with Gasteiger partial charge in [-0.1, -0.05) is 77.0 Å². The molecule has 1 fully saturated rings. The molecule has 1 aromatic rings. The number of nitrogens with zero attached hydrogens (tertiary/aromatic N) is 1. The minimum absolute atomic E-state index is 0.224. The van der Waals surface area contributed by atoms with Crippen LogP contribution in [0.5, 0.6) is 0 Å². The van der Waals surface area contributed by atoms with Crippen LogP contribution in [0.3, 0.4) is 0 Å². The summed E-state index contributed by atoms with van der Waals surface area (Å²) in [6.07, 6.45) is 11.8. The van der Waals surface area contributed by atoms with Gasteiger partial charge >= 0.3 is 0 Å². The van der Waals surface area contributed by atoms with E-state index in [4.69, 9.17) is 0 Å². The highest BCUT2D eigenvalue weighted by molar-refractivity contribution is 5.94. The Bertz CT molecular complexity index is 470. The lowest BCUT2D eigenvalue weighted by atomic mass is 9.79. The maximum Gasteiger partial charge on any atom is 0.253 e. The molecule has 0 aliphatic carbocycles. The first-order valence-corrected chi connectivity index (χ1v) is 10.1. The number of benzene rings is 1. The fourth-order valence-electron chi connectivity index (χ4n) is 4.16.